The van der Waals surface area contributed by atoms with E-state index in [0.29, 0.717) is 0 Å². The van der Waals surface area contributed by atoms with Crippen LogP contribution in [-0.2, 0) is 21.7 Å². The van der Waals surface area contributed by atoms with Crippen molar-refractivity contribution in [3.63, 3.8) is 0 Å². The monoisotopic (exact) mass is 1090 g/mol. The number of nitrogens with one attached hydrogen (secondary N) is 1. The highest BCUT2D eigenvalue weighted by atomic mass is 14.9. The van der Waals surface area contributed by atoms with Crippen LogP contribution in [0, 0.1) is 0 Å². The Bertz CT molecular complexity index is 4600. The highest BCUT2D eigenvalue weighted by molar-refractivity contribution is 6.32. The molecule has 0 fully saturated rings. The topological polar surface area (TPSA) is 16.4 Å². The van der Waals surface area contributed by atoms with Crippen molar-refractivity contribution in [3.8, 4) is 89.0 Å². The van der Waals surface area contributed by atoms with Crippen molar-refractivity contribution in [3.05, 3.63) is 247 Å². The van der Waals surface area contributed by atoms with Crippen LogP contribution in [-0.4, -0.2) is 4.40 Å². The van der Waals surface area contributed by atoms with Gasteiger partial charge in [-0.2, -0.15) is 0 Å². The lowest BCUT2D eigenvalue weighted by Crippen LogP contribution is -2.12. The van der Waals surface area contributed by atoms with Gasteiger partial charge in [0.2, 0.25) is 0 Å². The van der Waals surface area contributed by atoms with Gasteiger partial charge in [-0.25, -0.2) is 0 Å². The summed E-state index contributed by atoms with van der Waals surface area (Å²) >= 11 is 0. The van der Waals surface area contributed by atoms with Crippen LogP contribution < -0.4 is 5.32 Å². The molecule has 2 aromatic heterocycles. The molecule has 0 amide bonds. The van der Waals surface area contributed by atoms with Crippen LogP contribution in [0.5, 0.6) is 0 Å². The molecule has 0 aliphatic carbocycles. The Kier molecular flexibility index (Phi) is 12.2. The number of hydrogen-bond acceptors (Lipinski definition) is 1. The van der Waals surface area contributed by atoms with Gasteiger partial charge in [0.05, 0.1) is 16.6 Å². The third-order valence-corrected chi connectivity index (χ3v) is 18.1. The van der Waals surface area contributed by atoms with Crippen LogP contribution in [0.2, 0.25) is 0 Å². The van der Waals surface area contributed by atoms with E-state index in [-0.39, 0.29) is 21.7 Å². The van der Waals surface area contributed by atoms with Gasteiger partial charge < -0.3 is 9.72 Å². The number of rotatable bonds is 6. The summed E-state index contributed by atoms with van der Waals surface area (Å²) in [6.45, 7) is 28.0. The van der Waals surface area contributed by atoms with E-state index in [9.17, 15) is 0 Å². The summed E-state index contributed by atoms with van der Waals surface area (Å²) in [5.41, 5.74) is 30.3. The molecule has 1 aliphatic heterocycles. The van der Waals surface area contributed by atoms with E-state index < -0.39 is 0 Å². The Morgan fingerprint density at radius 1 is 0.262 bits per heavy atom. The van der Waals surface area contributed by atoms with Crippen LogP contribution in [0.25, 0.3) is 127 Å². The summed E-state index contributed by atoms with van der Waals surface area (Å²) in [5, 5.41) is 9.24. The summed E-state index contributed by atoms with van der Waals surface area (Å²) in [5.74, 6) is 0. The number of nitrogens with zero attached hydrogens (tertiary/aromatic N) is 1. The zero-order valence-electron chi connectivity index (χ0n) is 50.8. The van der Waals surface area contributed by atoms with E-state index >= 15 is 0 Å². The fourth-order valence-corrected chi connectivity index (χ4v) is 13.4. The highest BCUT2D eigenvalue weighted by Gasteiger charge is 2.32. The van der Waals surface area contributed by atoms with Crippen molar-refractivity contribution in [1.82, 2.24) is 4.40 Å². The van der Waals surface area contributed by atoms with Crippen molar-refractivity contribution < 1.29 is 0 Å². The maximum absolute atomic E-state index is 4.17. The molecule has 0 atom stereocenters. The van der Waals surface area contributed by atoms with Crippen LogP contribution in [0.4, 0.5) is 11.4 Å². The average molecular weight is 1090 g/mol. The number of benzene rings is 11. The van der Waals surface area contributed by atoms with Crippen molar-refractivity contribution in [1.29, 1.82) is 0 Å². The standard InChI is InChI=1S/C82H74N2/c1-79(2,3)56-35-38-71-65(43-56)67-49-66(64-41-54(33-37-70(64)83-71)74-60(50-25-17-13-18-26-50)45-58(81(7,8)9)46-61(74)51-27-19-14-20-28-51)77-69-44-57(80(4,5)6)36-40-73(69)84-72-39-34-55(42-68(72)76(67)78(77)84)75-62(52-29-21-15-22-30-52)47-59(82(10,11)12)48-63(75)53-31-23-16-24-32-53/h13-49,83H,1-12H3. The fourth-order valence-electron chi connectivity index (χ4n) is 13.4. The molecular weight excluding hydrogens is 1010 g/mol. The quantitative estimate of drug-likeness (QED) is 0.176. The summed E-state index contributed by atoms with van der Waals surface area (Å²) < 4.78 is 2.62. The first kappa shape index (κ1) is 53.1. The van der Waals surface area contributed by atoms with Crippen LogP contribution >= 0.6 is 0 Å². The lowest BCUT2D eigenvalue weighted by molar-refractivity contribution is 0.590. The molecule has 0 saturated carbocycles. The Labute approximate surface area is 496 Å². The molecule has 13 aromatic rings. The van der Waals surface area contributed by atoms with Gasteiger partial charge in [0.15, 0.2) is 0 Å². The predicted molar refractivity (Wildman–Crippen MR) is 363 cm³/mol. The number of anilines is 2. The molecule has 1 aliphatic rings. The van der Waals surface area contributed by atoms with Gasteiger partial charge in [0.1, 0.15) is 0 Å². The first-order valence-electron chi connectivity index (χ1n) is 30.2. The maximum atomic E-state index is 4.17. The van der Waals surface area contributed by atoms with Gasteiger partial charge in [-0.1, -0.05) is 229 Å². The average Bonchev–Trinajstić information content (AvgIpc) is 1.74. The Morgan fingerprint density at radius 2 is 0.595 bits per heavy atom. The van der Waals surface area contributed by atoms with Crippen LogP contribution in [0.1, 0.15) is 105 Å². The Morgan fingerprint density at radius 3 is 1.02 bits per heavy atom. The largest absolute Gasteiger partial charge is 0.355 e. The lowest BCUT2D eigenvalue weighted by Gasteiger charge is -2.27. The molecule has 412 valence electrons. The molecule has 0 unspecified atom stereocenters. The molecule has 3 heterocycles. The molecule has 2 heteroatoms. The normalized spacial score (nSPS) is 12.9. The van der Waals surface area contributed by atoms with E-state index in [2.05, 4.69) is 317 Å². The van der Waals surface area contributed by atoms with E-state index in [4.69, 9.17) is 0 Å². The molecule has 0 saturated heterocycles. The molecule has 11 aromatic carbocycles. The van der Waals surface area contributed by atoms with Gasteiger partial charge >= 0.3 is 0 Å². The lowest BCUT2D eigenvalue weighted by atomic mass is 9.78. The van der Waals surface area contributed by atoms with E-state index in [1.54, 1.807) is 0 Å². The molecule has 84 heavy (non-hydrogen) atoms. The first-order chi connectivity index (χ1) is 40.2. The second-order valence-electron chi connectivity index (χ2n) is 27.9. The number of aromatic nitrogens is 1. The minimum atomic E-state index is -0.0861. The molecule has 2 bridgehead atoms. The zero-order valence-corrected chi connectivity index (χ0v) is 50.8. The Balaban J connectivity index is 1.13. The smallest absolute Gasteiger partial charge is 0.0633 e. The van der Waals surface area contributed by atoms with Crippen molar-refractivity contribution in [2.45, 2.75) is 105 Å². The summed E-state index contributed by atoms with van der Waals surface area (Å²) in [4.78, 5) is 0. The molecule has 2 nitrogen and oxygen atoms in total. The van der Waals surface area contributed by atoms with Gasteiger partial charge in [0, 0.05) is 44.0 Å². The van der Waals surface area contributed by atoms with Gasteiger partial charge in [0.25, 0.3) is 0 Å². The van der Waals surface area contributed by atoms with E-state index in [1.165, 1.54) is 149 Å². The van der Waals surface area contributed by atoms with Gasteiger partial charge in [-0.3, -0.25) is 0 Å². The Hall–Kier alpha value is -8.98. The molecule has 0 spiro atoms. The molecular formula is C82H74N2. The third kappa shape index (κ3) is 8.84. The predicted octanol–water partition coefficient (Wildman–Crippen LogP) is 23.4. The van der Waals surface area contributed by atoms with Crippen molar-refractivity contribution in [2.75, 3.05) is 5.32 Å². The fraction of sp³-hybridized carbons (Fsp3) is 0.195. The molecule has 1 N–H and O–H groups in total. The third-order valence-electron chi connectivity index (χ3n) is 18.1. The minimum Gasteiger partial charge on any atom is -0.355 e. The molecule has 0 radical (unpaired) electrons. The SMILES string of the molecule is CC(C)(C)c1ccc2c(c1)-c1cc(c3c4cc(C(C)(C)C)ccc4n4c5ccc(-c6c(-c7ccccc7)cc(C(C)(C)C)cc6-c6ccccc6)cc5c1c34)-c1cc(-c3c(-c4ccccc4)cc(C(C)(C)C)cc3-c3ccccc3)ccc1N2. The zero-order chi connectivity index (χ0) is 58.2. The van der Waals surface area contributed by atoms with Crippen LogP contribution in [0.15, 0.2) is 224 Å². The summed E-state index contributed by atoms with van der Waals surface area (Å²) in [6, 6.07) is 85.7. The summed E-state index contributed by atoms with van der Waals surface area (Å²) in [7, 11) is 0. The second kappa shape index (κ2) is 19.3. The first-order valence-corrected chi connectivity index (χ1v) is 30.2. The summed E-state index contributed by atoms with van der Waals surface area (Å²) in [6.07, 6.45) is 0. The second-order valence-corrected chi connectivity index (χ2v) is 27.9. The maximum Gasteiger partial charge on any atom is 0.0633 e. The molecule has 14 rings (SSSR count). The van der Waals surface area contributed by atoms with Crippen LogP contribution in [0.3, 0.4) is 0 Å². The van der Waals surface area contributed by atoms with Gasteiger partial charge in [-0.15, -0.1) is 0 Å². The minimum absolute atomic E-state index is 0.0702. The number of fused-ring (bicyclic) bond motifs is 14. The van der Waals surface area contributed by atoms with Gasteiger partial charge in [-0.05, 0) is 201 Å². The van der Waals surface area contributed by atoms with Crippen molar-refractivity contribution >= 4 is 49.5 Å². The number of hydrogen-bond donors (Lipinski definition) is 1. The highest BCUT2D eigenvalue weighted by Crippen LogP contribution is 2.55. The van der Waals surface area contributed by atoms with E-state index in [1.807, 2.05) is 0 Å². The van der Waals surface area contributed by atoms with E-state index in [0.717, 1.165) is 11.4 Å². The van der Waals surface area contributed by atoms with Crippen molar-refractivity contribution in [2.24, 2.45) is 0 Å².